The maximum absolute atomic E-state index is 11.2. The predicted octanol–water partition coefficient (Wildman–Crippen LogP) is 0.458. The summed E-state index contributed by atoms with van der Waals surface area (Å²) in [6, 6.07) is 8.56. The highest BCUT2D eigenvalue weighted by Crippen LogP contribution is 2.43. The third-order valence-electron chi connectivity index (χ3n) is 2.21. The van der Waals surface area contributed by atoms with Gasteiger partial charge in [-0.05, 0) is 12.0 Å². The summed E-state index contributed by atoms with van der Waals surface area (Å²) in [6.07, 6.45) is -0.777. The zero-order chi connectivity index (χ0) is 13.8. The van der Waals surface area contributed by atoms with Gasteiger partial charge in [-0.2, -0.15) is 0 Å². The molecule has 0 fully saturated rings. The molecule has 0 aliphatic rings. The van der Waals surface area contributed by atoms with Crippen molar-refractivity contribution in [2.24, 2.45) is 0 Å². The average Bonchev–Trinajstić information content (AvgIpc) is 2.22. The third-order valence-corrected chi connectivity index (χ3v) is 3.98. The number of nitrogens with one attached hydrogen (secondary N) is 1. The minimum atomic E-state index is -4.48. The Labute approximate surface area is 104 Å². The van der Waals surface area contributed by atoms with Gasteiger partial charge in [-0.3, -0.25) is 14.4 Å². The predicted molar refractivity (Wildman–Crippen MR) is 66.0 cm³/mol. The Hall–Kier alpha value is -0.520. The zero-order valence-corrected chi connectivity index (χ0v) is 11.2. The summed E-state index contributed by atoms with van der Waals surface area (Å²) in [5.41, 5.74) is 0.670. The molecule has 5 N–H and O–H groups in total. The fraction of sp³-hybridized carbons (Fsp3) is 0.333. The van der Waals surface area contributed by atoms with Crippen molar-refractivity contribution in [2.45, 2.75) is 12.2 Å². The molecule has 0 bridgehead atoms. The van der Waals surface area contributed by atoms with E-state index in [1.807, 2.05) is 0 Å². The van der Waals surface area contributed by atoms with Gasteiger partial charge in [0.15, 0.2) is 0 Å². The molecule has 1 aromatic carbocycles. The van der Waals surface area contributed by atoms with E-state index in [0.29, 0.717) is 5.56 Å². The van der Waals surface area contributed by atoms with Gasteiger partial charge in [-0.15, -0.1) is 0 Å². The van der Waals surface area contributed by atoms with Gasteiger partial charge < -0.3 is 19.6 Å². The first kappa shape index (κ1) is 15.5. The molecule has 1 rings (SSSR count). The molecule has 0 spiro atoms. The lowest BCUT2D eigenvalue weighted by Gasteiger charge is -2.20. The smallest absolute Gasteiger partial charge is 0.324 e. The minimum absolute atomic E-state index is 0.00881. The Morgan fingerprint density at radius 3 is 2.06 bits per heavy atom. The highest BCUT2D eigenvalue weighted by molar-refractivity contribution is 7.53. The highest BCUT2D eigenvalue weighted by atomic mass is 31.2. The molecule has 18 heavy (non-hydrogen) atoms. The van der Waals surface area contributed by atoms with E-state index in [0.717, 1.165) is 0 Å². The van der Waals surface area contributed by atoms with Gasteiger partial charge in [0.2, 0.25) is 0 Å². The van der Waals surface area contributed by atoms with Crippen LogP contribution in [0.4, 0.5) is 0 Å². The summed E-state index contributed by atoms with van der Waals surface area (Å²) in [4.78, 5) is 35.7. The van der Waals surface area contributed by atoms with Crippen LogP contribution < -0.4 is 5.32 Å². The Bertz CT molecular complexity index is 467. The standard InChI is InChI=1S/C9H15NO6P2/c11-17(12,13)7-10-9(18(14,15)16)6-8-4-2-1-3-5-8/h1-5,9-10H,6-7H2,(H2,11,12,13)(H2,14,15,16). The molecule has 0 saturated carbocycles. The largest absolute Gasteiger partial charge is 0.342 e. The highest BCUT2D eigenvalue weighted by Gasteiger charge is 2.30. The molecule has 0 aromatic heterocycles. The number of hydrogen-bond donors (Lipinski definition) is 5. The summed E-state index contributed by atoms with van der Waals surface area (Å²) in [6.45, 7) is 0. The zero-order valence-electron chi connectivity index (χ0n) is 9.38. The monoisotopic (exact) mass is 295 g/mol. The molecule has 0 amide bonds. The average molecular weight is 295 g/mol. The molecule has 1 aromatic rings. The van der Waals surface area contributed by atoms with Crippen LogP contribution in [-0.2, 0) is 15.6 Å². The van der Waals surface area contributed by atoms with E-state index in [9.17, 15) is 9.13 Å². The van der Waals surface area contributed by atoms with E-state index in [1.165, 1.54) is 0 Å². The SMILES string of the molecule is O=P(O)(O)CNC(Cc1ccccc1)P(=O)(O)O. The lowest BCUT2D eigenvalue weighted by molar-refractivity contribution is 0.341. The lowest BCUT2D eigenvalue weighted by atomic mass is 10.1. The summed E-state index contributed by atoms with van der Waals surface area (Å²) >= 11 is 0. The maximum Gasteiger partial charge on any atom is 0.342 e. The van der Waals surface area contributed by atoms with Crippen molar-refractivity contribution >= 4 is 15.2 Å². The molecule has 7 nitrogen and oxygen atoms in total. The van der Waals surface area contributed by atoms with Crippen molar-refractivity contribution in [3.63, 3.8) is 0 Å². The molecule has 0 aliphatic heterocycles. The van der Waals surface area contributed by atoms with E-state index >= 15 is 0 Å². The van der Waals surface area contributed by atoms with Gasteiger partial charge in [0.05, 0.1) is 6.29 Å². The number of rotatable bonds is 6. The quantitative estimate of drug-likeness (QED) is 0.482. The molecule has 0 radical (unpaired) electrons. The molecular formula is C9H15NO6P2. The Kier molecular flexibility index (Phi) is 5.25. The van der Waals surface area contributed by atoms with Crippen molar-refractivity contribution in [1.29, 1.82) is 0 Å². The van der Waals surface area contributed by atoms with Crippen LogP contribution in [0, 0.1) is 0 Å². The van der Waals surface area contributed by atoms with Crippen LogP contribution in [0.2, 0.25) is 0 Å². The van der Waals surface area contributed by atoms with Crippen LogP contribution in [0.1, 0.15) is 5.56 Å². The van der Waals surface area contributed by atoms with Crippen molar-refractivity contribution in [1.82, 2.24) is 5.32 Å². The van der Waals surface area contributed by atoms with E-state index in [1.54, 1.807) is 30.3 Å². The second-order valence-corrected chi connectivity index (χ2v) is 7.27. The van der Waals surface area contributed by atoms with Gasteiger partial charge in [-0.1, -0.05) is 30.3 Å². The second kappa shape index (κ2) is 6.08. The summed E-state index contributed by atoms with van der Waals surface area (Å²) < 4.78 is 21.9. The van der Waals surface area contributed by atoms with Crippen molar-refractivity contribution < 1.29 is 28.7 Å². The summed E-state index contributed by atoms with van der Waals surface area (Å²) in [7, 11) is -8.83. The van der Waals surface area contributed by atoms with Gasteiger partial charge in [0.25, 0.3) is 0 Å². The van der Waals surface area contributed by atoms with Crippen LogP contribution in [0.15, 0.2) is 30.3 Å². The first-order valence-electron chi connectivity index (χ1n) is 5.05. The van der Waals surface area contributed by atoms with E-state index in [2.05, 4.69) is 5.32 Å². The third kappa shape index (κ3) is 5.89. The van der Waals surface area contributed by atoms with Crippen LogP contribution >= 0.6 is 15.2 Å². The minimum Gasteiger partial charge on any atom is -0.324 e. The Morgan fingerprint density at radius 1 is 1.06 bits per heavy atom. The van der Waals surface area contributed by atoms with Crippen LogP contribution in [-0.4, -0.2) is 31.6 Å². The lowest BCUT2D eigenvalue weighted by Crippen LogP contribution is -2.31. The normalized spacial score (nSPS) is 14.4. The van der Waals surface area contributed by atoms with Gasteiger partial charge in [0.1, 0.15) is 5.78 Å². The van der Waals surface area contributed by atoms with Crippen molar-refractivity contribution in [2.75, 3.05) is 6.29 Å². The maximum atomic E-state index is 11.2. The fourth-order valence-electron chi connectivity index (χ4n) is 1.37. The van der Waals surface area contributed by atoms with Crippen LogP contribution in [0.3, 0.4) is 0 Å². The Balaban J connectivity index is 2.75. The topological polar surface area (TPSA) is 127 Å². The first-order valence-corrected chi connectivity index (χ1v) is 8.53. The first-order chi connectivity index (χ1) is 8.18. The Morgan fingerprint density at radius 2 is 1.61 bits per heavy atom. The van der Waals surface area contributed by atoms with Crippen LogP contribution in [0.5, 0.6) is 0 Å². The van der Waals surface area contributed by atoms with Crippen molar-refractivity contribution in [3.05, 3.63) is 35.9 Å². The van der Waals surface area contributed by atoms with E-state index in [4.69, 9.17) is 19.6 Å². The molecule has 102 valence electrons. The number of hydrogen-bond acceptors (Lipinski definition) is 3. The van der Waals surface area contributed by atoms with Gasteiger partial charge in [-0.25, -0.2) is 0 Å². The molecule has 0 aliphatic carbocycles. The van der Waals surface area contributed by atoms with E-state index in [-0.39, 0.29) is 6.42 Å². The molecular weight excluding hydrogens is 280 g/mol. The number of benzene rings is 1. The molecule has 0 heterocycles. The van der Waals surface area contributed by atoms with Crippen LogP contribution in [0.25, 0.3) is 0 Å². The molecule has 0 saturated heterocycles. The fourth-order valence-corrected chi connectivity index (χ4v) is 2.75. The molecule has 1 unspecified atom stereocenters. The molecule has 9 heteroatoms. The van der Waals surface area contributed by atoms with Gasteiger partial charge in [0, 0.05) is 0 Å². The molecule has 1 atom stereocenters. The van der Waals surface area contributed by atoms with E-state index < -0.39 is 27.3 Å². The van der Waals surface area contributed by atoms with Crippen molar-refractivity contribution in [3.8, 4) is 0 Å². The van der Waals surface area contributed by atoms with Gasteiger partial charge >= 0.3 is 15.2 Å². The summed E-state index contributed by atoms with van der Waals surface area (Å²) in [5, 5.41) is 2.22. The second-order valence-electron chi connectivity index (χ2n) is 3.82. The summed E-state index contributed by atoms with van der Waals surface area (Å²) in [5.74, 6) is -1.31.